The van der Waals surface area contributed by atoms with Gasteiger partial charge in [0.25, 0.3) is 11.5 Å². The molecule has 204 valence electrons. The van der Waals surface area contributed by atoms with Crippen LogP contribution in [0.25, 0.3) is 10.9 Å². The Bertz CT molecular complexity index is 1380. The molecule has 0 aliphatic carbocycles. The van der Waals surface area contributed by atoms with Gasteiger partial charge in [-0.25, -0.2) is 4.79 Å². The number of methoxy groups -OCH3 is 1. The van der Waals surface area contributed by atoms with Crippen molar-refractivity contribution in [2.24, 2.45) is 5.92 Å². The fourth-order valence-electron chi connectivity index (χ4n) is 5.55. The minimum atomic E-state index is -0.279. The van der Waals surface area contributed by atoms with Crippen LogP contribution >= 0.6 is 0 Å². The number of nitrogens with zero attached hydrogens (tertiary/aromatic N) is 2. The first-order valence-corrected chi connectivity index (χ1v) is 13.2. The first kappa shape index (κ1) is 27.3. The molecule has 9 nitrogen and oxygen atoms in total. The van der Waals surface area contributed by atoms with Gasteiger partial charge in [-0.15, -0.1) is 0 Å². The summed E-state index contributed by atoms with van der Waals surface area (Å²) in [6, 6.07) is 9.79. The topological polar surface area (TPSA) is 106 Å². The van der Waals surface area contributed by atoms with Crippen molar-refractivity contribution in [3.05, 3.63) is 63.2 Å². The van der Waals surface area contributed by atoms with Crippen LogP contribution in [0.2, 0.25) is 0 Å². The molecule has 0 bridgehead atoms. The molecule has 1 saturated heterocycles. The molecule has 0 spiro atoms. The number of likely N-dealkylation sites (tertiary alicyclic amines) is 1. The second-order valence-electron chi connectivity index (χ2n) is 10.4. The van der Waals surface area contributed by atoms with Gasteiger partial charge in [-0.1, -0.05) is 18.2 Å². The average molecular weight is 523 g/mol. The number of fused-ring (bicyclic) bond motifs is 1. The number of aromatic amines is 1. The number of amides is 2. The van der Waals surface area contributed by atoms with Crippen LogP contribution in [0, 0.1) is 19.8 Å². The number of benzene rings is 1. The highest BCUT2D eigenvalue weighted by Crippen LogP contribution is 2.36. The largest absolute Gasteiger partial charge is 0.496 e. The van der Waals surface area contributed by atoms with Crippen LogP contribution in [0.5, 0.6) is 5.75 Å². The molecule has 38 heavy (non-hydrogen) atoms. The molecule has 1 fully saturated rings. The van der Waals surface area contributed by atoms with Gasteiger partial charge in [-0.05, 0) is 65.5 Å². The number of piperidine rings is 1. The van der Waals surface area contributed by atoms with E-state index < -0.39 is 0 Å². The lowest BCUT2D eigenvalue weighted by atomic mass is 9.90. The maximum absolute atomic E-state index is 13.5. The Labute approximate surface area is 223 Å². The molecule has 2 amide bonds. The smallest absolute Gasteiger partial charge is 0.410 e. The zero-order valence-electron chi connectivity index (χ0n) is 23.1. The number of carbonyl (C=O) groups is 2. The number of nitrogens with one attached hydrogen (secondary N) is 2. The van der Waals surface area contributed by atoms with E-state index >= 15 is 0 Å². The van der Waals surface area contributed by atoms with E-state index in [1.54, 1.807) is 17.9 Å². The first-order chi connectivity index (χ1) is 18.1. The van der Waals surface area contributed by atoms with E-state index in [0.29, 0.717) is 41.6 Å². The predicted molar refractivity (Wildman–Crippen MR) is 147 cm³/mol. The summed E-state index contributed by atoms with van der Waals surface area (Å²) in [5, 5.41) is 3.81. The number of hydrogen-bond acceptors (Lipinski definition) is 5. The van der Waals surface area contributed by atoms with Gasteiger partial charge in [0.1, 0.15) is 5.75 Å². The summed E-state index contributed by atoms with van der Waals surface area (Å²) in [5.74, 6) is 0.555. The first-order valence-electron chi connectivity index (χ1n) is 13.2. The van der Waals surface area contributed by atoms with Gasteiger partial charge >= 0.3 is 6.09 Å². The second-order valence-corrected chi connectivity index (χ2v) is 10.4. The Morgan fingerprint density at radius 1 is 1.13 bits per heavy atom. The SMILES string of the molecule is COc1cc(C)[nH]c(=O)c1CNC(=O)c1c(C)n(C(C)C2CCN(C(=O)OC(C)C)CC2)c2ccccc12. The monoisotopic (exact) mass is 522 g/mol. The number of aromatic nitrogens is 2. The zero-order valence-corrected chi connectivity index (χ0v) is 23.1. The van der Waals surface area contributed by atoms with E-state index in [4.69, 9.17) is 9.47 Å². The molecule has 4 rings (SSSR count). The molecule has 2 N–H and O–H groups in total. The summed E-state index contributed by atoms with van der Waals surface area (Å²) in [7, 11) is 1.51. The van der Waals surface area contributed by atoms with Gasteiger partial charge in [0, 0.05) is 41.4 Å². The number of aryl methyl sites for hydroxylation is 1. The number of ether oxygens (including phenoxy) is 2. The third-order valence-electron chi connectivity index (χ3n) is 7.48. The Hall–Kier alpha value is -3.75. The lowest BCUT2D eigenvalue weighted by molar-refractivity contribution is 0.0615. The number of para-hydroxylation sites is 1. The second kappa shape index (κ2) is 11.3. The predicted octanol–water partition coefficient (Wildman–Crippen LogP) is 4.70. The number of H-pyrrole nitrogens is 1. The molecule has 1 aliphatic rings. The van der Waals surface area contributed by atoms with Crippen molar-refractivity contribution in [2.75, 3.05) is 20.2 Å². The van der Waals surface area contributed by atoms with Crippen LogP contribution < -0.4 is 15.6 Å². The van der Waals surface area contributed by atoms with Crippen molar-refractivity contribution >= 4 is 22.9 Å². The summed E-state index contributed by atoms with van der Waals surface area (Å²) in [6.07, 6.45) is 1.33. The molecular weight excluding hydrogens is 484 g/mol. The van der Waals surface area contributed by atoms with Gasteiger partial charge in [0.05, 0.1) is 30.9 Å². The fraction of sp³-hybridized carbons (Fsp3) is 0.483. The molecule has 1 atom stereocenters. The van der Waals surface area contributed by atoms with Crippen LogP contribution in [0.3, 0.4) is 0 Å². The van der Waals surface area contributed by atoms with Crippen molar-refractivity contribution in [1.82, 2.24) is 19.8 Å². The lowest BCUT2D eigenvalue weighted by Crippen LogP contribution is -2.41. The summed E-state index contributed by atoms with van der Waals surface area (Å²) < 4.78 is 13.0. The normalized spacial score (nSPS) is 15.1. The number of pyridine rings is 1. The van der Waals surface area contributed by atoms with E-state index in [2.05, 4.69) is 21.8 Å². The number of rotatable bonds is 7. The van der Waals surface area contributed by atoms with Crippen molar-refractivity contribution in [2.45, 2.75) is 66.2 Å². The molecule has 0 saturated carbocycles. The van der Waals surface area contributed by atoms with E-state index in [9.17, 15) is 14.4 Å². The van der Waals surface area contributed by atoms with Crippen LogP contribution in [-0.2, 0) is 11.3 Å². The Balaban J connectivity index is 1.56. The van der Waals surface area contributed by atoms with Crippen LogP contribution in [0.15, 0.2) is 35.1 Å². The summed E-state index contributed by atoms with van der Waals surface area (Å²) in [4.78, 5) is 42.9. The highest BCUT2D eigenvalue weighted by atomic mass is 16.6. The quantitative estimate of drug-likeness (QED) is 0.468. The van der Waals surface area contributed by atoms with Gasteiger partial charge < -0.3 is 29.2 Å². The molecule has 3 heterocycles. The molecule has 9 heteroatoms. The van der Waals surface area contributed by atoms with Crippen molar-refractivity contribution < 1.29 is 19.1 Å². The van der Waals surface area contributed by atoms with E-state index in [1.807, 2.05) is 45.0 Å². The highest BCUT2D eigenvalue weighted by Gasteiger charge is 2.31. The summed E-state index contributed by atoms with van der Waals surface area (Å²) in [5.41, 5.74) is 3.27. The molecule has 3 aromatic rings. The van der Waals surface area contributed by atoms with E-state index in [0.717, 1.165) is 29.4 Å². The zero-order chi connectivity index (χ0) is 27.6. The van der Waals surface area contributed by atoms with Crippen molar-refractivity contribution in [3.8, 4) is 5.75 Å². The molecule has 2 aromatic heterocycles. The van der Waals surface area contributed by atoms with Gasteiger partial charge in [0.15, 0.2) is 0 Å². The molecule has 1 aromatic carbocycles. The Kier molecular flexibility index (Phi) is 8.14. The van der Waals surface area contributed by atoms with Gasteiger partial charge in [0.2, 0.25) is 0 Å². The van der Waals surface area contributed by atoms with Gasteiger partial charge in [-0.3, -0.25) is 9.59 Å². The van der Waals surface area contributed by atoms with Crippen molar-refractivity contribution in [1.29, 1.82) is 0 Å². The van der Waals surface area contributed by atoms with Crippen LogP contribution in [0.1, 0.15) is 67.0 Å². The van der Waals surface area contributed by atoms with Gasteiger partial charge in [-0.2, -0.15) is 0 Å². The minimum absolute atomic E-state index is 0.0526. The maximum Gasteiger partial charge on any atom is 0.410 e. The van der Waals surface area contributed by atoms with E-state index in [-0.39, 0.29) is 36.3 Å². The van der Waals surface area contributed by atoms with Crippen LogP contribution in [0.4, 0.5) is 4.79 Å². The van der Waals surface area contributed by atoms with Crippen molar-refractivity contribution in [3.63, 3.8) is 0 Å². The minimum Gasteiger partial charge on any atom is -0.496 e. The maximum atomic E-state index is 13.5. The molecule has 1 unspecified atom stereocenters. The standard InChI is InChI=1S/C29H38N4O5/c1-17(2)38-29(36)32-13-11-21(12-14-32)19(4)33-20(5)26(22-9-7-8-10-24(22)33)28(35)30-16-23-25(37-6)15-18(3)31-27(23)34/h7-10,15,17,19,21H,11-14,16H2,1-6H3,(H,30,35)(H,31,34). The lowest BCUT2D eigenvalue weighted by Gasteiger charge is -2.36. The highest BCUT2D eigenvalue weighted by molar-refractivity contribution is 6.08. The molecular formula is C29H38N4O5. The molecule has 0 radical (unpaired) electrons. The third-order valence-corrected chi connectivity index (χ3v) is 7.48. The summed E-state index contributed by atoms with van der Waals surface area (Å²) >= 11 is 0. The molecule has 1 aliphatic heterocycles. The number of carbonyl (C=O) groups excluding carboxylic acids is 2. The van der Waals surface area contributed by atoms with Crippen LogP contribution in [-0.4, -0.2) is 52.8 Å². The summed E-state index contributed by atoms with van der Waals surface area (Å²) in [6.45, 7) is 11.0. The third kappa shape index (κ3) is 5.42. The van der Waals surface area contributed by atoms with E-state index in [1.165, 1.54) is 7.11 Å². The Morgan fingerprint density at radius 2 is 1.82 bits per heavy atom. The Morgan fingerprint density at radius 3 is 2.47 bits per heavy atom. The number of hydrogen-bond donors (Lipinski definition) is 2. The fourth-order valence-corrected chi connectivity index (χ4v) is 5.55. The average Bonchev–Trinajstić information content (AvgIpc) is 3.18.